The Morgan fingerprint density at radius 2 is 2.33 bits per heavy atom. The number of rotatable bonds is 2. The largest absolute Gasteiger partial charge is 0.394 e. The van der Waals surface area contributed by atoms with Crippen LogP contribution in [0.15, 0.2) is 17.1 Å². The standard InChI is InChI=1S/C14H15FN4O5/c15-4-1-3-14(23)9(21)8(6-20)24-12(14)19-5-2-7-10(19)17-13(16)18-11(7)22/h2,5,8-9,12,20-21,23H,4,6H2,(H3,16,17,18,22)/t8-,9+,12-,14?/m1/s1. The fraction of sp³-hybridized carbons (Fsp3) is 0.429. The maximum atomic E-state index is 12.4. The van der Waals surface area contributed by atoms with Crippen molar-refractivity contribution in [3.05, 3.63) is 22.6 Å². The highest BCUT2D eigenvalue weighted by Crippen LogP contribution is 2.39. The van der Waals surface area contributed by atoms with Gasteiger partial charge in [0.1, 0.15) is 18.9 Å². The fourth-order valence-electron chi connectivity index (χ4n) is 2.75. The number of nitrogens with one attached hydrogen (secondary N) is 1. The molecule has 1 saturated heterocycles. The minimum absolute atomic E-state index is 0.0903. The van der Waals surface area contributed by atoms with Gasteiger partial charge in [0.2, 0.25) is 5.95 Å². The van der Waals surface area contributed by atoms with Gasteiger partial charge < -0.3 is 30.4 Å². The first-order valence-electron chi connectivity index (χ1n) is 7.01. The first-order valence-corrected chi connectivity index (χ1v) is 7.01. The third-order valence-corrected chi connectivity index (χ3v) is 3.87. The zero-order valence-electron chi connectivity index (χ0n) is 12.3. The molecule has 3 rings (SSSR count). The van der Waals surface area contributed by atoms with E-state index in [0.717, 1.165) is 0 Å². The molecule has 3 heterocycles. The molecule has 0 saturated carbocycles. The summed E-state index contributed by atoms with van der Waals surface area (Å²) in [6, 6.07) is 1.42. The number of ether oxygens (including phenoxy) is 1. The first-order chi connectivity index (χ1) is 11.4. The van der Waals surface area contributed by atoms with Crippen molar-refractivity contribution in [1.82, 2.24) is 14.5 Å². The average molecular weight is 338 g/mol. The number of aliphatic hydroxyl groups excluding tert-OH is 2. The summed E-state index contributed by atoms with van der Waals surface area (Å²) in [6.07, 6.45) is -2.67. The summed E-state index contributed by atoms with van der Waals surface area (Å²) in [5.41, 5.74) is 2.92. The van der Waals surface area contributed by atoms with Gasteiger partial charge >= 0.3 is 0 Å². The Morgan fingerprint density at radius 3 is 3.00 bits per heavy atom. The van der Waals surface area contributed by atoms with E-state index in [1.807, 2.05) is 0 Å². The van der Waals surface area contributed by atoms with Crippen molar-refractivity contribution in [2.45, 2.75) is 24.0 Å². The highest BCUT2D eigenvalue weighted by Gasteiger charge is 2.55. The van der Waals surface area contributed by atoms with Gasteiger partial charge in [0.15, 0.2) is 17.5 Å². The van der Waals surface area contributed by atoms with Crippen LogP contribution in [0.1, 0.15) is 6.23 Å². The zero-order chi connectivity index (χ0) is 17.5. The third-order valence-electron chi connectivity index (χ3n) is 3.87. The van der Waals surface area contributed by atoms with Gasteiger partial charge in [-0.2, -0.15) is 4.98 Å². The van der Waals surface area contributed by atoms with Crippen LogP contribution in [-0.2, 0) is 4.74 Å². The number of anilines is 1. The van der Waals surface area contributed by atoms with Gasteiger partial charge in [-0.1, -0.05) is 11.8 Å². The van der Waals surface area contributed by atoms with Crippen LogP contribution in [0.5, 0.6) is 0 Å². The van der Waals surface area contributed by atoms with Crippen molar-refractivity contribution in [2.24, 2.45) is 0 Å². The van der Waals surface area contributed by atoms with Crippen molar-refractivity contribution in [3.8, 4) is 11.8 Å². The summed E-state index contributed by atoms with van der Waals surface area (Å²) in [5.74, 6) is 4.14. The number of aromatic amines is 1. The van der Waals surface area contributed by atoms with Crippen LogP contribution >= 0.6 is 0 Å². The molecule has 4 atom stereocenters. The fourth-order valence-corrected chi connectivity index (χ4v) is 2.75. The average Bonchev–Trinajstić information content (AvgIpc) is 3.06. The SMILES string of the molecule is Nc1nc2c(ccn2[C@@H]2O[C@H](CO)[C@H](O)C2(O)C#CCF)c(=O)[nH]1. The number of nitrogens with two attached hydrogens (primary N) is 1. The van der Waals surface area contributed by atoms with Crippen LogP contribution in [0, 0.1) is 11.8 Å². The summed E-state index contributed by atoms with van der Waals surface area (Å²) >= 11 is 0. The Kier molecular flexibility index (Phi) is 4.02. The van der Waals surface area contributed by atoms with E-state index in [1.54, 1.807) is 0 Å². The second-order valence-electron chi connectivity index (χ2n) is 5.33. The lowest BCUT2D eigenvalue weighted by molar-refractivity contribution is -0.0719. The molecule has 6 N–H and O–H groups in total. The Balaban J connectivity index is 2.18. The third kappa shape index (κ3) is 2.35. The van der Waals surface area contributed by atoms with Crippen LogP contribution in [-0.4, -0.2) is 60.9 Å². The molecule has 2 aromatic heterocycles. The Morgan fingerprint density at radius 1 is 1.58 bits per heavy atom. The summed E-state index contributed by atoms with van der Waals surface area (Å²) in [5, 5.41) is 30.4. The van der Waals surface area contributed by atoms with Crippen LogP contribution in [0.2, 0.25) is 0 Å². The van der Waals surface area contributed by atoms with E-state index in [1.165, 1.54) is 16.8 Å². The molecule has 1 aliphatic heterocycles. The lowest BCUT2D eigenvalue weighted by Crippen LogP contribution is -2.46. The minimum Gasteiger partial charge on any atom is -0.394 e. The summed E-state index contributed by atoms with van der Waals surface area (Å²) in [6.45, 7) is -1.63. The van der Waals surface area contributed by atoms with Crippen LogP contribution in [0.3, 0.4) is 0 Å². The van der Waals surface area contributed by atoms with E-state index >= 15 is 0 Å². The molecule has 0 radical (unpaired) electrons. The molecule has 1 unspecified atom stereocenters. The Bertz CT molecular complexity index is 885. The molecule has 1 fully saturated rings. The molecule has 2 aromatic rings. The van der Waals surface area contributed by atoms with Crippen molar-refractivity contribution in [2.75, 3.05) is 19.0 Å². The molecule has 24 heavy (non-hydrogen) atoms. The molecule has 0 spiro atoms. The van der Waals surface area contributed by atoms with Gasteiger partial charge in [-0.3, -0.25) is 9.78 Å². The maximum absolute atomic E-state index is 12.4. The van der Waals surface area contributed by atoms with Crippen LogP contribution < -0.4 is 11.3 Å². The Labute approximate surface area is 134 Å². The number of hydrogen-bond donors (Lipinski definition) is 5. The molecule has 0 amide bonds. The molecule has 0 aromatic carbocycles. The molecule has 10 heteroatoms. The van der Waals surface area contributed by atoms with Gasteiger partial charge in [0.05, 0.1) is 12.0 Å². The van der Waals surface area contributed by atoms with E-state index in [9.17, 15) is 24.5 Å². The molecule has 1 aliphatic rings. The topological polar surface area (TPSA) is 147 Å². The number of aliphatic hydroxyl groups is 3. The lowest BCUT2D eigenvalue weighted by atomic mass is 9.94. The number of alkyl halides is 1. The van der Waals surface area contributed by atoms with Crippen molar-refractivity contribution < 1.29 is 24.4 Å². The minimum atomic E-state index is -2.20. The Hall–Kier alpha value is -2.45. The molecule has 128 valence electrons. The van der Waals surface area contributed by atoms with E-state index in [0.29, 0.717) is 0 Å². The number of aromatic nitrogens is 3. The normalized spacial score (nSPS) is 29.6. The monoisotopic (exact) mass is 338 g/mol. The first kappa shape index (κ1) is 16.4. The smallest absolute Gasteiger partial charge is 0.261 e. The number of H-pyrrole nitrogens is 1. The highest BCUT2D eigenvalue weighted by molar-refractivity contribution is 5.76. The molecular weight excluding hydrogens is 323 g/mol. The maximum Gasteiger partial charge on any atom is 0.261 e. The van der Waals surface area contributed by atoms with Crippen molar-refractivity contribution in [3.63, 3.8) is 0 Å². The second kappa shape index (κ2) is 5.88. The van der Waals surface area contributed by atoms with Gasteiger partial charge in [-0.15, -0.1) is 0 Å². The predicted octanol–water partition coefficient (Wildman–Crippen LogP) is -1.74. The molecule has 9 nitrogen and oxygen atoms in total. The van der Waals surface area contributed by atoms with E-state index < -0.39 is 42.9 Å². The highest BCUT2D eigenvalue weighted by atomic mass is 19.1. The van der Waals surface area contributed by atoms with E-state index in [4.69, 9.17) is 10.5 Å². The van der Waals surface area contributed by atoms with Gasteiger partial charge in [-0.25, -0.2) is 4.39 Å². The molecule has 0 bridgehead atoms. The number of nitrogen functional groups attached to an aromatic ring is 1. The number of nitrogens with zero attached hydrogens (tertiary/aromatic N) is 2. The van der Waals surface area contributed by atoms with Crippen molar-refractivity contribution >= 4 is 17.0 Å². The number of halogens is 1. The van der Waals surface area contributed by atoms with Gasteiger partial charge in [-0.05, 0) is 6.07 Å². The van der Waals surface area contributed by atoms with E-state index in [2.05, 4.69) is 21.8 Å². The summed E-state index contributed by atoms with van der Waals surface area (Å²) in [4.78, 5) is 18.2. The van der Waals surface area contributed by atoms with E-state index in [-0.39, 0.29) is 17.0 Å². The number of fused-ring (bicyclic) bond motifs is 1. The summed E-state index contributed by atoms with van der Waals surface area (Å²) < 4.78 is 19.1. The number of hydrogen-bond acceptors (Lipinski definition) is 7. The van der Waals surface area contributed by atoms with Gasteiger partial charge in [0, 0.05) is 6.20 Å². The molecular formula is C14H15FN4O5. The van der Waals surface area contributed by atoms with Crippen LogP contribution in [0.25, 0.3) is 11.0 Å². The quantitative estimate of drug-likeness (QED) is 0.408. The van der Waals surface area contributed by atoms with Gasteiger partial charge in [0.25, 0.3) is 5.56 Å². The van der Waals surface area contributed by atoms with Crippen LogP contribution in [0.4, 0.5) is 10.3 Å². The van der Waals surface area contributed by atoms with Crippen molar-refractivity contribution in [1.29, 1.82) is 0 Å². The molecule has 0 aliphatic carbocycles. The zero-order valence-corrected chi connectivity index (χ0v) is 12.3. The lowest BCUT2D eigenvalue weighted by Gasteiger charge is -2.26. The summed E-state index contributed by atoms with van der Waals surface area (Å²) in [7, 11) is 0. The predicted molar refractivity (Wildman–Crippen MR) is 80.5 cm³/mol. The second-order valence-corrected chi connectivity index (χ2v) is 5.33.